The molecule has 2 aromatic rings. The second-order valence-electron chi connectivity index (χ2n) is 6.88. The predicted octanol–water partition coefficient (Wildman–Crippen LogP) is 4.34. The second-order valence-corrected chi connectivity index (χ2v) is 7.82. The minimum absolute atomic E-state index is 0.0348. The summed E-state index contributed by atoms with van der Waals surface area (Å²) in [6.45, 7) is 6.35. The van der Waals surface area contributed by atoms with Crippen LogP contribution >= 0.6 is 11.8 Å². The van der Waals surface area contributed by atoms with Crippen LogP contribution in [0.5, 0.6) is 11.5 Å². The first-order valence-corrected chi connectivity index (χ1v) is 10.4. The van der Waals surface area contributed by atoms with Gasteiger partial charge in [-0.2, -0.15) is 5.10 Å². The molecule has 0 N–H and O–H groups in total. The number of nitrogens with zero attached hydrogens (tertiary/aromatic N) is 3. The highest BCUT2D eigenvalue weighted by Gasteiger charge is 2.28. The highest BCUT2D eigenvalue weighted by atomic mass is 32.2. The highest BCUT2D eigenvalue weighted by Crippen LogP contribution is 2.23. The van der Waals surface area contributed by atoms with Gasteiger partial charge in [-0.1, -0.05) is 23.9 Å². The van der Waals surface area contributed by atoms with Gasteiger partial charge in [0, 0.05) is 0 Å². The van der Waals surface area contributed by atoms with Crippen molar-refractivity contribution in [3.8, 4) is 11.5 Å². The quantitative estimate of drug-likeness (QED) is 0.502. The van der Waals surface area contributed by atoms with Crippen molar-refractivity contribution in [1.29, 1.82) is 0 Å². The molecular formula is C22H25N3O3S. The van der Waals surface area contributed by atoms with Gasteiger partial charge in [0.2, 0.25) is 5.91 Å². The molecule has 1 fully saturated rings. The summed E-state index contributed by atoms with van der Waals surface area (Å²) in [5.41, 5.74) is 2.75. The van der Waals surface area contributed by atoms with E-state index in [0.29, 0.717) is 17.5 Å². The minimum Gasteiger partial charge on any atom is -0.497 e. The number of amidine groups is 1. The lowest BCUT2D eigenvalue weighted by atomic mass is 10.1. The number of methoxy groups -OCH3 is 1. The number of carbonyl (C=O) groups is 1. The van der Waals surface area contributed by atoms with Crippen LogP contribution in [0.15, 0.2) is 58.7 Å². The Kier molecular flexibility index (Phi) is 6.93. The first-order chi connectivity index (χ1) is 14.0. The van der Waals surface area contributed by atoms with E-state index in [4.69, 9.17) is 9.47 Å². The summed E-state index contributed by atoms with van der Waals surface area (Å²) in [7, 11) is 1.63. The molecule has 0 atom stereocenters. The van der Waals surface area contributed by atoms with Crippen molar-refractivity contribution in [2.45, 2.75) is 33.4 Å². The third-order valence-corrected chi connectivity index (χ3v) is 5.24. The smallest absolute Gasteiger partial charge is 0.239 e. The molecule has 0 unspecified atom stereocenters. The first kappa shape index (κ1) is 20.9. The van der Waals surface area contributed by atoms with Crippen LogP contribution in [0.3, 0.4) is 0 Å². The van der Waals surface area contributed by atoms with Gasteiger partial charge in [0.1, 0.15) is 11.5 Å². The fourth-order valence-corrected chi connectivity index (χ4v) is 3.59. The minimum atomic E-state index is 0.0348. The number of benzene rings is 2. The fraction of sp³-hybridized carbons (Fsp3) is 0.318. The van der Waals surface area contributed by atoms with Gasteiger partial charge in [0.05, 0.1) is 31.2 Å². The van der Waals surface area contributed by atoms with Crippen LogP contribution in [-0.4, -0.2) is 40.7 Å². The Hall–Kier alpha value is -2.80. The van der Waals surface area contributed by atoms with Crippen molar-refractivity contribution in [2.24, 2.45) is 10.2 Å². The van der Waals surface area contributed by atoms with Crippen LogP contribution in [0.4, 0.5) is 0 Å². The Balaban J connectivity index is 1.72. The molecule has 0 spiro atoms. The zero-order valence-electron chi connectivity index (χ0n) is 17.1. The molecule has 1 aliphatic rings. The topological polar surface area (TPSA) is 63.5 Å². The van der Waals surface area contributed by atoms with Crippen molar-refractivity contribution >= 4 is 28.5 Å². The maximum atomic E-state index is 12.3. The first-order valence-electron chi connectivity index (χ1n) is 9.41. The van der Waals surface area contributed by atoms with E-state index >= 15 is 0 Å². The van der Waals surface area contributed by atoms with Gasteiger partial charge < -0.3 is 9.47 Å². The Bertz CT molecular complexity index is 906. The van der Waals surface area contributed by atoms with Crippen LogP contribution in [0.2, 0.25) is 0 Å². The average Bonchev–Trinajstić information content (AvgIpc) is 3.06. The Morgan fingerprint density at radius 3 is 2.38 bits per heavy atom. The van der Waals surface area contributed by atoms with E-state index in [2.05, 4.69) is 10.2 Å². The van der Waals surface area contributed by atoms with Crippen LogP contribution in [-0.2, 0) is 11.3 Å². The zero-order chi connectivity index (χ0) is 20.8. The molecule has 0 bridgehead atoms. The molecule has 0 aromatic heterocycles. The van der Waals surface area contributed by atoms with Crippen molar-refractivity contribution < 1.29 is 14.3 Å². The lowest BCUT2D eigenvalue weighted by Gasteiger charge is -2.15. The fourth-order valence-electron chi connectivity index (χ4n) is 2.76. The highest BCUT2D eigenvalue weighted by molar-refractivity contribution is 8.15. The van der Waals surface area contributed by atoms with Gasteiger partial charge in [-0.05, 0) is 68.3 Å². The molecule has 0 radical (unpaired) electrons. The second kappa shape index (κ2) is 9.60. The molecule has 29 heavy (non-hydrogen) atoms. The molecule has 152 valence electrons. The summed E-state index contributed by atoms with van der Waals surface area (Å²) in [6.07, 6.45) is 0.135. The summed E-state index contributed by atoms with van der Waals surface area (Å²) in [4.78, 5) is 14.0. The van der Waals surface area contributed by atoms with E-state index in [1.807, 2.05) is 69.3 Å². The van der Waals surface area contributed by atoms with Crippen molar-refractivity contribution in [3.63, 3.8) is 0 Å². The number of amides is 1. The van der Waals surface area contributed by atoms with E-state index in [0.717, 1.165) is 28.3 Å². The maximum Gasteiger partial charge on any atom is 0.239 e. The van der Waals surface area contributed by atoms with Crippen LogP contribution in [0, 0.1) is 0 Å². The summed E-state index contributed by atoms with van der Waals surface area (Å²) >= 11 is 1.41. The molecule has 6 nitrogen and oxygen atoms in total. The number of hydrogen-bond donors (Lipinski definition) is 0. The number of rotatable bonds is 7. The van der Waals surface area contributed by atoms with Gasteiger partial charge in [-0.3, -0.25) is 9.69 Å². The number of thioether (sulfide) groups is 1. The largest absolute Gasteiger partial charge is 0.497 e. The number of carbonyl (C=O) groups excluding carboxylic acids is 1. The average molecular weight is 412 g/mol. The van der Waals surface area contributed by atoms with Crippen molar-refractivity contribution in [3.05, 3.63) is 59.7 Å². The molecular weight excluding hydrogens is 386 g/mol. The third kappa shape index (κ3) is 5.60. The summed E-state index contributed by atoms with van der Waals surface area (Å²) in [5.74, 6) is 2.03. The Morgan fingerprint density at radius 2 is 1.76 bits per heavy atom. The zero-order valence-corrected chi connectivity index (χ0v) is 17.9. The maximum absolute atomic E-state index is 12.3. The molecule has 1 amide bonds. The van der Waals surface area contributed by atoms with Gasteiger partial charge >= 0.3 is 0 Å². The molecule has 2 aromatic carbocycles. The SMILES string of the molecule is COc1ccc(CN2C(=O)CS/C2=N\N=C(/C)c2ccc(OC(C)C)cc2)cc1. The third-order valence-electron chi connectivity index (χ3n) is 4.29. The van der Waals surface area contributed by atoms with Crippen molar-refractivity contribution in [2.75, 3.05) is 12.9 Å². The van der Waals surface area contributed by atoms with E-state index < -0.39 is 0 Å². The standard InChI is InChI=1S/C22H25N3O3S/c1-15(2)28-20-11-7-18(8-12-20)16(3)23-24-22-25(21(26)14-29-22)13-17-5-9-19(27-4)10-6-17/h5-12,15H,13-14H2,1-4H3/b23-16+,24-22-. The number of ether oxygens (including phenoxy) is 2. The normalized spacial score (nSPS) is 16.0. The molecule has 1 aliphatic heterocycles. The van der Waals surface area contributed by atoms with E-state index in [1.54, 1.807) is 12.0 Å². The van der Waals surface area contributed by atoms with E-state index in [9.17, 15) is 4.79 Å². The number of hydrogen-bond acceptors (Lipinski definition) is 6. The molecule has 7 heteroatoms. The lowest BCUT2D eigenvalue weighted by Crippen LogP contribution is -2.28. The molecule has 1 heterocycles. The summed E-state index contributed by atoms with van der Waals surface area (Å²) < 4.78 is 10.8. The van der Waals surface area contributed by atoms with Crippen LogP contribution in [0.25, 0.3) is 0 Å². The van der Waals surface area contributed by atoms with Crippen LogP contribution in [0.1, 0.15) is 31.9 Å². The van der Waals surface area contributed by atoms with Gasteiger partial charge in [0.25, 0.3) is 0 Å². The lowest BCUT2D eigenvalue weighted by molar-refractivity contribution is -0.124. The van der Waals surface area contributed by atoms with Gasteiger partial charge in [-0.15, -0.1) is 5.10 Å². The Morgan fingerprint density at radius 1 is 1.10 bits per heavy atom. The summed E-state index contributed by atoms with van der Waals surface area (Å²) in [6, 6.07) is 15.4. The molecule has 1 saturated heterocycles. The van der Waals surface area contributed by atoms with Gasteiger partial charge in [-0.25, -0.2) is 0 Å². The van der Waals surface area contributed by atoms with E-state index in [-0.39, 0.29) is 12.0 Å². The van der Waals surface area contributed by atoms with Gasteiger partial charge in [0.15, 0.2) is 5.17 Å². The Labute approximate surface area is 175 Å². The summed E-state index contributed by atoms with van der Waals surface area (Å²) in [5, 5.41) is 9.31. The van der Waals surface area contributed by atoms with Crippen LogP contribution < -0.4 is 9.47 Å². The van der Waals surface area contributed by atoms with E-state index in [1.165, 1.54) is 11.8 Å². The molecule has 0 saturated carbocycles. The monoisotopic (exact) mass is 411 g/mol. The van der Waals surface area contributed by atoms with Crippen molar-refractivity contribution in [1.82, 2.24) is 4.90 Å². The predicted molar refractivity (Wildman–Crippen MR) is 118 cm³/mol. The molecule has 3 rings (SSSR count). The molecule has 0 aliphatic carbocycles.